The van der Waals surface area contributed by atoms with Crippen LogP contribution in [0.1, 0.15) is 127 Å². The van der Waals surface area contributed by atoms with Crippen LogP contribution in [0.15, 0.2) is 34.2 Å². The molecule has 52 heavy (non-hydrogen) atoms. The second kappa shape index (κ2) is 39.9. The minimum Gasteiger partial charge on any atom is 1.00 e. The second-order valence-electron chi connectivity index (χ2n) is 11.4. The number of carbonyl (C=O) groups is 4. The number of rotatable bonds is 6. The molecular weight excluding hydrogens is 1180 g/mol. The molecule has 0 saturated heterocycles. The molecule has 0 aromatic heterocycles. The van der Waals surface area contributed by atoms with Crippen LogP contribution < -0.4 is 29.6 Å². The van der Waals surface area contributed by atoms with E-state index in [4.69, 9.17) is 9.52 Å². The maximum absolute atomic E-state index is 12.2. The van der Waals surface area contributed by atoms with Crippen molar-refractivity contribution in [2.75, 3.05) is 17.9 Å². The number of hydrogen-bond donors (Lipinski definition) is 1. The Morgan fingerprint density at radius 3 is 1.54 bits per heavy atom. The van der Waals surface area contributed by atoms with E-state index in [1.165, 1.54) is 7.11 Å². The first-order valence-corrected chi connectivity index (χ1v) is 33.1. The zero-order valence-electron chi connectivity index (χ0n) is 37.5. The van der Waals surface area contributed by atoms with E-state index in [0.717, 1.165) is 62.6 Å². The molecule has 1 N–H and O–H groups in total. The van der Waals surface area contributed by atoms with Crippen molar-refractivity contribution in [2.24, 2.45) is 22.7 Å². The zero-order valence-corrected chi connectivity index (χ0v) is 43.3. The van der Waals surface area contributed by atoms with Gasteiger partial charge in [-0.15, -0.1) is 0 Å². The minimum atomic E-state index is -3.36. The smallest absolute Gasteiger partial charge is 1.00 e. The fourth-order valence-electron chi connectivity index (χ4n) is 5.09. The van der Waals surface area contributed by atoms with Crippen LogP contribution in [0, 0.1) is 24.7 Å². The van der Waals surface area contributed by atoms with E-state index in [1.54, 1.807) is 45.0 Å². The summed E-state index contributed by atoms with van der Waals surface area (Å²) in [5.74, 6) is 1.25. The van der Waals surface area contributed by atoms with Crippen LogP contribution in [0.2, 0.25) is 0 Å². The summed E-state index contributed by atoms with van der Waals surface area (Å²) in [6, 6.07) is 6.82. The van der Waals surface area contributed by atoms with Crippen LogP contribution in [0.25, 0.3) is 0 Å². The number of aryl methyl sites for hydroxylation is 1. The topological polar surface area (TPSA) is 135 Å². The average molecular weight is 1260 g/mol. The molecule has 0 bridgehead atoms. The van der Waals surface area contributed by atoms with Crippen LogP contribution in [0.3, 0.4) is 0 Å². The molecule has 16 heteroatoms. The van der Waals surface area contributed by atoms with E-state index in [9.17, 15) is 27.6 Å². The van der Waals surface area contributed by atoms with Crippen molar-refractivity contribution in [1.82, 2.24) is 0 Å². The number of Topliss-reactive ketones (excluding diaryl/α,β-unsaturated/α-hetero) is 4. The Morgan fingerprint density at radius 1 is 0.865 bits per heavy atom. The number of aliphatic hydroxyl groups excluding tert-OH is 1. The number of ketones is 4. The monoisotopic (exact) mass is 1260 g/mol. The van der Waals surface area contributed by atoms with Gasteiger partial charge in [-0.3, -0.25) is 24.2 Å². The second-order valence-corrected chi connectivity index (χ2v) is 48.7. The number of sulfone groups is 1. The van der Waals surface area contributed by atoms with Crippen molar-refractivity contribution < 1.29 is 69.9 Å². The molecule has 3 saturated carbocycles. The maximum Gasteiger partial charge on any atom is 1.00 e. The number of carbonyl (C=O) groups excluding carboxylic acids is 4. The third kappa shape index (κ3) is 33.1. The molecule has 0 radical (unpaired) electrons. The van der Waals surface area contributed by atoms with Crippen LogP contribution >= 0.6 is 82.5 Å². The van der Waals surface area contributed by atoms with Gasteiger partial charge in [0.1, 0.15) is 29.0 Å². The van der Waals surface area contributed by atoms with Gasteiger partial charge in [0.25, 0.3) is 0 Å². The summed E-state index contributed by atoms with van der Waals surface area (Å²) < 4.78 is 68.9. The third-order valence-corrected chi connectivity index (χ3v) is 9.47. The SMILES string of the molecule is C.C.CC(=O)C1CCC(=NCS(=O)(=O)c2ccc(C)cc2)CC1.CC(=O)C1CCC(=O)CC1.CI.[2H]C1([2H])CCC(C(C)=O)CC1.[2H]OC.[2H][B-]([2H])([2H])[2H].[I][V]([I])[I].[Na+]. The van der Waals surface area contributed by atoms with Gasteiger partial charge in [-0.25, -0.2) is 13.8 Å². The van der Waals surface area contributed by atoms with Crippen molar-refractivity contribution in [2.45, 2.75) is 131 Å². The molecule has 1 aromatic rings. The van der Waals surface area contributed by atoms with Crippen LogP contribution in [0.5, 0.6) is 0 Å². The largest absolute Gasteiger partial charge is 1.00 e. The Labute approximate surface area is 402 Å². The van der Waals surface area contributed by atoms with Crippen molar-refractivity contribution in [3.05, 3.63) is 29.8 Å². The van der Waals surface area contributed by atoms with E-state index >= 15 is 0 Å². The Bertz CT molecular complexity index is 1420. The van der Waals surface area contributed by atoms with E-state index in [0.29, 0.717) is 36.4 Å². The summed E-state index contributed by atoms with van der Waals surface area (Å²) in [6.45, 7) is 6.75. The van der Waals surface area contributed by atoms with Gasteiger partial charge in [0.2, 0.25) is 1.43 Å². The van der Waals surface area contributed by atoms with Gasteiger partial charge < -0.3 is 5.11 Å². The summed E-state index contributed by atoms with van der Waals surface area (Å²) in [5.41, 5.74) is 1.95. The number of aliphatic imine (C=N–C) groups is 1. The molecule has 0 aliphatic heterocycles. The summed E-state index contributed by atoms with van der Waals surface area (Å²) in [7, 11) is -5.07. The van der Waals surface area contributed by atoms with Gasteiger partial charge in [-0.1, -0.05) is 82.6 Å². The van der Waals surface area contributed by atoms with Gasteiger partial charge in [-0.2, -0.15) is 0 Å². The Morgan fingerprint density at radius 2 is 1.19 bits per heavy atom. The zero-order chi connectivity index (χ0) is 44.3. The summed E-state index contributed by atoms with van der Waals surface area (Å²) >= 11 is 9.54. The molecule has 0 unspecified atom stereocenters. The molecule has 300 valence electrons. The van der Waals surface area contributed by atoms with Crippen LogP contribution in [-0.4, -0.2) is 75.3 Å². The standard InChI is InChI=1S/C16H21NO3S.C8H12O2.C8H14O.CH3I.CH4O.2CH4.BH4.3HI.Na.V/c1-12-3-9-16(10-4-12)21(19,20)11-17-15-7-5-14(6-8-15)13(2)18;1-6(9)7-2-4-8(10)5-3-7;1-7(9)8-5-3-2-4-6-8;2*1-2;;;;;;;;/h3-4,9-10,14H,5-8,11H2,1-2H3;7H,2-5H2,1H3;8H,2-6H2,1H3;1H3;2H,1H3;3*1H4;3*1H;;/q;;;;;;;-1;;;;+1;+3/p-3/i;;2D2;;2D;;;1D4;;;;;. The van der Waals surface area contributed by atoms with E-state index in [2.05, 4.69) is 92.6 Å². The molecule has 0 heterocycles. The number of benzene rings is 1. The predicted octanol–water partition coefficient (Wildman–Crippen LogP) is 6.58. The molecule has 3 aliphatic carbocycles. The van der Waals surface area contributed by atoms with E-state index < -0.39 is 24.5 Å². The van der Waals surface area contributed by atoms with Crippen molar-refractivity contribution in [1.29, 1.82) is 6.77 Å². The van der Waals surface area contributed by atoms with Crippen molar-refractivity contribution in [3.63, 3.8) is 0 Å². The fraction of sp³-hybridized carbons (Fsp3) is 0.694. The summed E-state index contributed by atoms with van der Waals surface area (Å²) in [4.78, 5) is 50.0. The predicted molar refractivity (Wildman–Crippen MR) is 253 cm³/mol. The quantitative estimate of drug-likeness (QED) is 0.194. The Balaban J connectivity index is -0.000000158. The molecule has 3 aliphatic rings. The Hall–Kier alpha value is 2.05. The van der Waals surface area contributed by atoms with Gasteiger partial charge in [0, 0.05) is 46.2 Å². The van der Waals surface area contributed by atoms with Gasteiger partial charge in [0.05, 0.1) is 4.90 Å². The number of aliphatic hydroxyl groups is 1. The molecule has 0 atom stereocenters. The van der Waals surface area contributed by atoms with Crippen molar-refractivity contribution in [3.8, 4) is 0 Å². The molecule has 8 nitrogen and oxygen atoms in total. The summed E-state index contributed by atoms with van der Waals surface area (Å²) in [6.07, 6.45) is 7.42. The van der Waals surface area contributed by atoms with E-state index in [-0.39, 0.29) is 90.3 Å². The number of alkyl halides is 1. The summed E-state index contributed by atoms with van der Waals surface area (Å²) in [5, 5.41) is 3.50. The molecule has 0 spiro atoms. The molecule has 1 aromatic carbocycles. The first kappa shape index (κ1) is 50.2. The molecule has 3 fully saturated rings. The number of hydrogen-bond acceptors (Lipinski definition) is 8. The van der Waals surface area contributed by atoms with Crippen LogP contribution in [0.4, 0.5) is 0 Å². The first-order chi connectivity index (χ1) is 25.7. The van der Waals surface area contributed by atoms with Gasteiger partial charge in [0.15, 0.2) is 9.84 Å². The Kier molecular flexibility index (Phi) is 38.5. The maximum atomic E-state index is 12.2. The number of nitrogens with zero attached hydrogens (tertiary/aromatic N) is 1. The minimum absolute atomic E-state index is 0. The first-order valence-electron chi connectivity index (χ1n) is 19.5. The van der Waals surface area contributed by atoms with Crippen molar-refractivity contribution >= 4 is 129 Å². The van der Waals surface area contributed by atoms with E-state index in [1.807, 2.05) is 11.9 Å². The molecular formula is C36H66BI4NNaO7SV. The third-order valence-electron chi connectivity index (χ3n) is 8.01. The fourth-order valence-corrected chi connectivity index (χ4v) is 6.14. The van der Waals surface area contributed by atoms with Gasteiger partial charge in [-0.05, 0) is 96.1 Å². The molecule has 4 rings (SSSR count). The van der Waals surface area contributed by atoms with Gasteiger partial charge >= 0.3 is 94.4 Å². The van der Waals surface area contributed by atoms with Crippen LogP contribution in [-0.2, 0) is 33.9 Å². The molecule has 0 amide bonds. The number of halogens is 4. The normalized spacial score (nSPS) is 19.6. The average Bonchev–Trinajstić information content (AvgIpc) is 3.09.